The Balaban J connectivity index is 2.14. The number of nitrogens with zero attached hydrogens (tertiary/aromatic N) is 1. The molecule has 108 valence electrons. The number of hydrogen-bond acceptors (Lipinski definition) is 4. The maximum Gasteiger partial charge on any atom is 0.271 e. The molecular formula is C13H16ClN3O3. The number of non-ortho nitro benzene ring substituents is 1. The van der Waals surface area contributed by atoms with Crippen LogP contribution in [0, 0.1) is 16.0 Å². The number of hydrogen-bond donors (Lipinski definition) is 2. The zero-order valence-corrected chi connectivity index (χ0v) is 11.6. The summed E-state index contributed by atoms with van der Waals surface area (Å²) < 4.78 is 0. The lowest BCUT2D eigenvalue weighted by molar-refractivity contribution is -0.384. The van der Waals surface area contributed by atoms with E-state index in [9.17, 15) is 14.9 Å². The summed E-state index contributed by atoms with van der Waals surface area (Å²) in [5.41, 5.74) is 6.09. The zero-order chi connectivity index (χ0) is 14.7. The van der Waals surface area contributed by atoms with Crippen LogP contribution in [0.2, 0.25) is 5.02 Å². The van der Waals surface area contributed by atoms with Crippen LogP contribution >= 0.6 is 11.6 Å². The first-order chi connectivity index (χ1) is 9.49. The highest BCUT2D eigenvalue weighted by atomic mass is 35.5. The summed E-state index contributed by atoms with van der Waals surface area (Å²) in [6.07, 6.45) is 3.55. The third-order valence-electron chi connectivity index (χ3n) is 3.57. The van der Waals surface area contributed by atoms with Crippen molar-refractivity contribution < 1.29 is 9.72 Å². The third-order valence-corrected chi connectivity index (χ3v) is 3.90. The lowest BCUT2D eigenvalue weighted by Crippen LogP contribution is -2.40. The van der Waals surface area contributed by atoms with Gasteiger partial charge in [0.2, 0.25) is 5.91 Å². The standard InChI is InChI=1S/C13H16ClN3O3/c14-10-6-5-8(17(19)20)7-12(10)16-13(18)9-3-1-2-4-11(9)15/h5-7,9,11H,1-4,15H2,(H,16,18). The van der Waals surface area contributed by atoms with Gasteiger partial charge in [-0.2, -0.15) is 0 Å². The number of nitrogens with two attached hydrogens (primary N) is 1. The molecule has 0 aromatic heterocycles. The molecule has 20 heavy (non-hydrogen) atoms. The van der Waals surface area contributed by atoms with E-state index in [1.54, 1.807) is 0 Å². The molecule has 0 radical (unpaired) electrons. The fourth-order valence-electron chi connectivity index (χ4n) is 2.43. The highest BCUT2D eigenvalue weighted by Gasteiger charge is 2.28. The molecule has 2 atom stereocenters. The van der Waals surface area contributed by atoms with Gasteiger partial charge in [-0.05, 0) is 18.9 Å². The highest BCUT2D eigenvalue weighted by Crippen LogP contribution is 2.29. The van der Waals surface area contributed by atoms with Crippen molar-refractivity contribution in [2.45, 2.75) is 31.7 Å². The first-order valence-electron chi connectivity index (χ1n) is 6.49. The molecule has 3 N–H and O–H groups in total. The molecule has 1 aromatic rings. The van der Waals surface area contributed by atoms with E-state index >= 15 is 0 Å². The number of halogens is 1. The second-order valence-corrected chi connectivity index (χ2v) is 5.37. The molecule has 0 bridgehead atoms. The second-order valence-electron chi connectivity index (χ2n) is 4.97. The average Bonchev–Trinajstić information content (AvgIpc) is 2.41. The minimum absolute atomic E-state index is 0.113. The fourth-order valence-corrected chi connectivity index (χ4v) is 2.60. The van der Waals surface area contributed by atoms with Crippen LogP contribution < -0.4 is 11.1 Å². The van der Waals surface area contributed by atoms with Gasteiger partial charge in [0.25, 0.3) is 5.69 Å². The van der Waals surface area contributed by atoms with Crippen molar-refractivity contribution in [1.82, 2.24) is 0 Å². The Morgan fingerprint density at radius 1 is 1.40 bits per heavy atom. The number of carbonyl (C=O) groups is 1. The smallest absolute Gasteiger partial charge is 0.271 e. The molecule has 1 amide bonds. The van der Waals surface area contributed by atoms with Gasteiger partial charge in [0, 0.05) is 18.2 Å². The quantitative estimate of drug-likeness (QED) is 0.662. The van der Waals surface area contributed by atoms with Crippen LogP contribution in [0.5, 0.6) is 0 Å². The van der Waals surface area contributed by atoms with Crippen LogP contribution in [0.25, 0.3) is 0 Å². The molecule has 0 saturated heterocycles. The van der Waals surface area contributed by atoms with Gasteiger partial charge in [-0.1, -0.05) is 24.4 Å². The van der Waals surface area contributed by atoms with Gasteiger partial charge in [0.15, 0.2) is 0 Å². The van der Waals surface area contributed by atoms with Crippen LogP contribution in [0.1, 0.15) is 25.7 Å². The predicted molar refractivity (Wildman–Crippen MR) is 76.7 cm³/mol. The maximum atomic E-state index is 12.2. The normalized spacial score (nSPS) is 22.3. The maximum absolute atomic E-state index is 12.2. The molecule has 2 unspecified atom stereocenters. The van der Waals surface area contributed by atoms with Crippen molar-refractivity contribution in [3.8, 4) is 0 Å². The van der Waals surface area contributed by atoms with E-state index in [2.05, 4.69) is 5.32 Å². The first-order valence-corrected chi connectivity index (χ1v) is 6.87. The molecule has 0 spiro atoms. The Bertz CT molecular complexity index is 536. The second kappa shape index (κ2) is 6.19. The highest BCUT2D eigenvalue weighted by molar-refractivity contribution is 6.33. The largest absolute Gasteiger partial charge is 0.327 e. The van der Waals surface area contributed by atoms with Gasteiger partial charge < -0.3 is 11.1 Å². The van der Waals surface area contributed by atoms with Crippen LogP contribution in [-0.4, -0.2) is 16.9 Å². The molecule has 1 saturated carbocycles. The van der Waals surface area contributed by atoms with Crippen LogP contribution in [0.4, 0.5) is 11.4 Å². The summed E-state index contributed by atoms with van der Waals surface area (Å²) in [4.78, 5) is 22.4. The minimum Gasteiger partial charge on any atom is -0.327 e. The first kappa shape index (κ1) is 14.7. The van der Waals surface area contributed by atoms with Crippen LogP contribution in [0.15, 0.2) is 18.2 Å². The summed E-state index contributed by atoms with van der Waals surface area (Å²) in [6.45, 7) is 0. The number of carbonyl (C=O) groups excluding carboxylic acids is 1. The molecule has 1 aliphatic carbocycles. The van der Waals surface area contributed by atoms with E-state index in [0.29, 0.717) is 0 Å². The Kier molecular flexibility index (Phi) is 4.57. The Labute approximate surface area is 121 Å². The topological polar surface area (TPSA) is 98.3 Å². The summed E-state index contributed by atoms with van der Waals surface area (Å²) in [7, 11) is 0. The van der Waals surface area contributed by atoms with E-state index in [1.807, 2.05) is 0 Å². The number of rotatable bonds is 3. The summed E-state index contributed by atoms with van der Waals surface area (Å²) >= 11 is 5.95. The van der Waals surface area contributed by atoms with Crippen LogP contribution in [0.3, 0.4) is 0 Å². The van der Waals surface area contributed by atoms with Crippen molar-refractivity contribution in [2.24, 2.45) is 11.7 Å². The van der Waals surface area contributed by atoms with E-state index in [1.165, 1.54) is 18.2 Å². The van der Waals surface area contributed by atoms with Crippen molar-refractivity contribution in [3.05, 3.63) is 33.3 Å². The van der Waals surface area contributed by atoms with Gasteiger partial charge in [-0.25, -0.2) is 0 Å². The number of nitro benzene ring substituents is 1. The summed E-state index contributed by atoms with van der Waals surface area (Å²) in [5.74, 6) is -0.487. The van der Waals surface area contributed by atoms with Crippen molar-refractivity contribution in [3.63, 3.8) is 0 Å². The predicted octanol–water partition coefficient (Wildman–Crippen LogP) is 2.70. The SMILES string of the molecule is NC1CCCCC1C(=O)Nc1cc([N+](=O)[O-])ccc1Cl. The third kappa shape index (κ3) is 3.26. The Morgan fingerprint density at radius 3 is 2.75 bits per heavy atom. The summed E-state index contributed by atoms with van der Waals surface area (Å²) in [5, 5.41) is 13.7. The lowest BCUT2D eigenvalue weighted by atomic mass is 9.84. The van der Waals surface area contributed by atoms with Gasteiger partial charge in [-0.3, -0.25) is 14.9 Å². The molecule has 2 rings (SSSR count). The molecule has 6 nitrogen and oxygen atoms in total. The number of anilines is 1. The number of amides is 1. The molecule has 0 heterocycles. The molecule has 1 aromatic carbocycles. The van der Waals surface area contributed by atoms with E-state index < -0.39 is 4.92 Å². The molecule has 1 aliphatic rings. The summed E-state index contributed by atoms with van der Waals surface area (Å²) in [6, 6.07) is 3.79. The van der Waals surface area contributed by atoms with Crippen molar-refractivity contribution in [1.29, 1.82) is 0 Å². The van der Waals surface area contributed by atoms with Gasteiger partial charge >= 0.3 is 0 Å². The number of nitrogens with one attached hydrogen (secondary N) is 1. The Hall–Kier alpha value is -1.66. The van der Waals surface area contributed by atoms with E-state index in [0.717, 1.165) is 25.7 Å². The number of nitro groups is 1. The molecular weight excluding hydrogens is 282 g/mol. The van der Waals surface area contributed by atoms with Crippen molar-refractivity contribution in [2.75, 3.05) is 5.32 Å². The van der Waals surface area contributed by atoms with Gasteiger partial charge in [0.05, 0.1) is 21.6 Å². The molecule has 0 aliphatic heterocycles. The van der Waals surface area contributed by atoms with Crippen LogP contribution in [-0.2, 0) is 4.79 Å². The fraction of sp³-hybridized carbons (Fsp3) is 0.462. The monoisotopic (exact) mass is 297 g/mol. The van der Waals surface area contributed by atoms with Gasteiger partial charge in [0.1, 0.15) is 0 Å². The zero-order valence-electron chi connectivity index (χ0n) is 10.8. The molecule has 1 fully saturated rings. The number of benzene rings is 1. The minimum atomic E-state index is -0.529. The molecule has 7 heteroatoms. The van der Waals surface area contributed by atoms with Gasteiger partial charge in [-0.15, -0.1) is 0 Å². The lowest BCUT2D eigenvalue weighted by Gasteiger charge is -2.27. The Morgan fingerprint density at radius 2 is 2.10 bits per heavy atom. The van der Waals surface area contributed by atoms with E-state index in [-0.39, 0.29) is 34.3 Å². The average molecular weight is 298 g/mol. The van der Waals surface area contributed by atoms with E-state index in [4.69, 9.17) is 17.3 Å². The van der Waals surface area contributed by atoms with Crippen molar-refractivity contribution >= 4 is 28.9 Å².